The Balaban J connectivity index is 1.88. The standard InChI is InChI=1S/C16H20N4O/c1-3-5-15-18-16(21-19-15)11-20-9-8-13-12(10-17-2)6-4-7-14(13)20/h4,6-9,17H,3,5,10-11H2,1-2H3. The fourth-order valence-electron chi connectivity index (χ4n) is 2.59. The van der Waals surface area contributed by atoms with Gasteiger partial charge in [-0.2, -0.15) is 4.98 Å². The molecular weight excluding hydrogens is 264 g/mol. The lowest BCUT2D eigenvalue weighted by Crippen LogP contribution is -2.05. The number of nitrogens with one attached hydrogen (secondary N) is 1. The highest BCUT2D eigenvalue weighted by atomic mass is 16.5. The second-order valence-electron chi connectivity index (χ2n) is 5.18. The fraction of sp³-hybridized carbons (Fsp3) is 0.375. The minimum Gasteiger partial charge on any atom is -0.338 e. The number of benzene rings is 1. The van der Waals surface area contributed by atoms with Gasteiger partial charge in [-0.15, -0.1) is 0 Å². The van der Waals surface area contributed by atoms with Crippen LogP contribution in [0.4, 0.5) is 0 Å². The van der Waals surface area contributed by atoms with Gasteiger partial charge in [-0.3, -0.25) is 0 Å². The third kappa shape index (κ3) is 2.83. The minimum atomic E-state index is 0.614. The van der Waals surface area contributed by atoms with Gasteiger partial charge in [0.05, 0.1) is 0 Å². The van der Waals surface area contributed by atoms with Crippen molar-refractivity contribution in [1.29, 1.82) is 0 Å². The molecule has 0 aliphatic carbocycles. The minimum absolute atomic E-state index is 0.614. The van der Waals surface area contributed by atoms with Gasteiger partial charge in [0, 0.05) is 30.1 Å². The highest BCUT2D eigenvalue weighted by molar-refractivity contribution is 5.83. The third-order valence-electron chi connectivity index (χ3n) is 3.56. The van der Waals surface area contributed by atoms with Crippen LogP contribution in [-0.4, -0.2) is 21.8 Å². The Morgan fingerprint density at radius 2 is 2.19 bits per heavy atom. The number of fused-ring (bicyclic) bond motifs is 1. The Morgan fingerprint density at radius 3 is 3.00 bits per heavy atom. The SMILES string of the molecule is CCCc1noc(Cn2ccc3c(CNC)cccc32)n1. The molecule has 0 bridgehead atoms. The molecule has 0 fully saturated rings. The summed E-state index contributed by atoms with van der Waals surface area (Å²) in [4.78, 5) is 4.43. The van der Waals surface area contributed by atoms with E-state index in [1.54, 1.807) is 0 Å². The van der Waals surface area contributed by atoms with Gasteiger partial charge < -0.3 is 14.4 Å². The van der Waals surface area contributed by atoms with Crippen LogP contribution in [0.5, 0.6) is 0 Å². The highest BCUT2D eigenvalue weighted by Gasteiger charge is 2.09. The van der Waals surface area contributed by atoms with E-state index < -0.39 is 0 Å². The molecule has 21 heavy (non-hydrogen) atoms. The molecule has 1 N–H and O–H groups in total. The lowest BCUT2D eigenvalue weighted by Gasteiger charge is -2.05. The molecule has 5 heteroatoms. The van der Waals surface area contributed by atoms with Crippen molar-refractivity contribution in [2.75, 3.05) is 7.05 Å². The van der Waals surface area contributed by atoms with Crippen LogP contribution < -0.4 is 5.32 Å². The van der Waals surface area contributed by atoms with Crippen molar-refractivity contribution in [2.24, 2.45) is 0 Å². The zero-order chi connectivity index (χ0) is 14.7. The maximum atomic E-state index is 5.32. The zero-order valence-electron chi connectivity index (χ0n) is 12.5. The highest BCUT2D eigenvalue weighted by Crippen LogP contribution is 2.21. The van der Waals surface area contributed by atoms with Crippen LogP contribution >= 0.6 is 0 Å². The monoisotopic (exact) mass is 284 g/mol. The summed E-state index contributed by atoms with van der Waals surface area (Å²) in [5.41, 5.74) is 2.49. The van der Waals surface area contributed by atoms with Crippen molar-refractivity contribution in [3.63, 3.8) is 0 Å². The first kappa shape index (κ1) is 13.8. The molecule has 2 aromatic heterocycles. The van der Waals surface area contributed by atoms with Gasteiger partial charge in [0.15, 0.2) is 5.82 Å². The Morgan fingerprint density at radius 1 is 1.29 bits per heavy atom. The van der Waals surface area contributed by atoms with Crippen molar-refractivity contribution >= 4 is 10.9 Å². The summed E-state index contributed by atoms with van der Waals surface area (Å²) < 4.78 is 7.47. The molecule has 3 aromatic rings. The van der Waals surface area contributed by atoms with Crippen LogP contribution in [0.3, 0.4) is 0 Å². The fourth-order valence-corrected chi connectivity index (χ4v) is 2.59. The maximum Gasteiger partial charge on any atom is 0.246 e. The zero-order valence-corrected chi connectivity index (χ0v) is 12.5. The smallest absolute Gasteiger partial charge is 0.246 e. The van der Waals surface area contributed by atoms with Crippen molar-refractivity contribution in [3.8, 4) is 0 Å². The number of nitrogens with zero attached hydrogens (tertiary/aromatic N) is 3. The molecule has 0 radical (unpaired) electrons. The molecule has 110 valence electrons. The molecule has 0 aliphatic rings. The quantitative estimate of drug-likeness (QED) is 0.756. The largest absolute Gasteiger partial charge is 0.338 e. The first-order valence-corrected chi connectivity index (χ1v) is 7.34. The molecule has 0 saturated heterocycles. The van der Waals surface area contributed by atoms with Crippen LogP contribution in [0.2, 0.25) is 0 Å². The normalized spacial score (nSPS) is 11.3. The van der Waals surface area contributed by atoms with Crippen molar-refractivity contribution in [2.45, 2.75) is 32.9 Å². The summed E-state index contributed by atoms with van der Waals surface area (Å²) in [6, 6.07) is 8.50. The lowest BCUT2D eigenvalue weighted by atomic mass is 10.1. The molecule has 0 unspecified atom stereocenters. The van der Waals surface area contributed by atoms with Crippen LogP contribution in [0, 0.1) is 0 Å². The number of hydrogen-bond donors (Lipinski definition) is 1. The van der Waals surface area contributed by atoms with Crippen LogP contribution in [-0.2, 0) is 19.5 Å². The molecule has 0 atom stereocenters. The van der Waals surface area contributed by atoms with Gasteiger partial charge >= 0.3 is 0 Å². The van der Waals surface area contributed by atoms with Crippen molar-refractivity contribution < 1.29 is 4.52 Å². The first-order chi connectivity index (χ1) is 10.3. The van der Waals surface area contributed by atoms with Gasteiger partial charge in [-0.05, 0) is 31.2 Å². The third-order valence-corrected chi connectivity index (χ3v) is 3.56. The first-order valence-electron chi connectivity index (χ1n) is 7.34. The number of hydrogen-bond acceptors (Lipinski definition) is 4. The lowest BCUT2D eigenvalue weighted by molar-refractivity contribution is 0.367. The predicted molar refractivity (Wildman–Crippen MR) is 82.1 cm³/mol. The van der Waals surface area contributed by atoms with Gasteiger partial charge in [0.2, 0.25) is 5.89 Å². The molecule has 3 rings (SSSR count). The van der Waals surface area contributed by atoms with Crippen LogP contribution in [0.15, 0.2) is 35.0 Å². The Kier molecular flexibility index (Phi) is 4.01. The topological polar surface area (TPSA) is 55.9 Å². The van der Waals surface area contributed by atoms with Crippen LogP contribution in [0.25, 0.3) is 10.9 Å². The Bertz CT molecular complexity index is 729. The molecule has 0 saturated carbocycles. The van der Waals surface area contributed by atoms with Crippen molar-refractivity contribution in [3.05, 3.63) is 47.7 Å². The summed E-state index contributed by atoms with van der Waals surface area (Å²) in [5, 5.41) is 8.47. The van der Waals surface area contributed by atoms with E-state index in [2.05, 4.69) is 57.4 Å². The second-order valence-corrected chi connectivity index (χ2v) is 5.18. The average molecular weight is 284 g/mol. The van der Waals surface area contributed by atoms with E-state index in [1.165, 1.54) is 16.5 Å². The average Bonchev–Trinajstić information content (AvgIpc) is 3.09. The molecular formula is C16H20N4O. The van der Waals surface area contributed by atoms with E-state index in [0.717, 1.165) is 25.2 Å². The van der Waals surface area contributed by atoms with Gasteiger partial charge in [0.25, 0.3) is 0 Å². The molecule has 2 heterocycles. The van der Waals surface area contributed by atoms with E-state index in [4.69, 9.17) is 4.52 Å². The summed E-state index contributed by atoms with van der Waals surface area (Å²) in [6.45, 7) is 3.59. The summed E-state index contributed by atoms with van der Waals surface area (Å²) in [6.07, 6.45) is 3.97. The Hall–Kier alpha value is -2.14. The van der Waals surface area contributed by atoms with Gasteiger partial charge in [-0.25, -0.2) is 0 Å². The summed E-state index contributed by atoms with van der Waals surface area (Å²) in [5.74, 6) is 1.45. The molecule has 0 spiro atoms. The molecule has 0 amide bonds. The second kappa shape index (κ2) is 6.10. The molecule has 1 aromatic carbocycles. The summed E-state index contributed by atoms with van der Waals surface area (Å²) >= 11 is 0. The van der Waals surface area contributed by atoms with Crippen LogP contribution in [0.1, 0.15) is 30.6 Å². The number of aromatic nitrogens is 3. The summed E-state index contributed by atoms with van der Waals surface area (Å²) in [7, 11) is 1.96. The Labute approximate surface area is 124 Å². The van der Waals surface area contributed by atoms with Crippen molar-refractivity contribution in [1.82, 2.24) is 20.0 Å². The number of rotatable bonds is 6. The van der Waals surface area contributed by atoms with E-state index in [-0.39, 0.29) is 0 Å². The van der Waals surface area contributed by atoms with E-state index in [0.29, 0.717) is 12.4 Å². The number of aryl methyl sites for hydroxylation is 1. The molecule has 5 nitrogen and oxygen atoms in total. The van der Waals surface area contributed by atoms with E-state index in [1.807, 2.05) is 7.05 Å². The predicted octanol–water partition coefficient (Wildman–Crippen LogP) is 2.74. The molecule has 0 aliphatic heterocycles. The van der Waals surface area contributed by atoms with Gasteiger partial charge in [-0.1, -0.05) is 24.2 Å². The van der Waals surface area contributed by atoms with E-state index in [9.17, 15) is 0 Å². The maximum absolute atomic E-state index is 5.32. The van der Waals surface area contributed by atoms with Gasteiger partial charge in [0.1, 0.15) is 6.54 Å². The van der Waals surface area contributed by atoms with E-state index >= 15 is 0 Å².